The van der Waals surface area contributed by atoms with Crippen LogP contribution in [-0.2, 0) is 4.74 Å². The average Bonchev–Trinajstić information content (AvgIpc) is 2.02. The van der Waals surface area contributed by atoms with Crippen LogP contribution in [0.3, 0.4) is 0 Å². The predicted molar refractivity (Wildman–Crippen MR) is 61.4 cm³/mol. The smallest absolute Gasteiger partial charge is 0.0462 e. The van der Waals surface area contributed by atoms with Crippen molar-refractivity contribution >= 4 is 0 Å². The van der Waals surface area contributed by atoms with E-state index in [9.17, 15) is 0 Å². The normalized spacial score (nSPS) is 14.4. The average molecular weight is 202 g/mol. The van der Waals surface area contributed by atoms with E-state index in [1.807, 2.05) is 0 Å². The van der Waals surface area contributed by atoms with E-state index < -0.39 is 0 Å². The van der Waals surface area contributed by atoms with E-state index in [1.165, 1.54) is 0 Å². The molecule has 1 unspecified atom stereocenters. The maximum absolute atomic E-state index is 5.93. The molecule has 0 aromatic heterocycles. The molecule has 0 aliphatic rings. The van der Waals surface area contributed by atoms with Crippen LogP contribution in [0, 0.1) is 5.41 Å². The molecule has 0 heterocycles. The van der Waals surface area contributed by atoms with Gasteiger partial charge < -0.3 is 15.8 Å². The van der Waals surface area contributed by atoms with Gasteiger partial charge in [-0.05, 0) is 18.3 Å². The van der Waals surface area contributed by atoms with Crippen LogP contribution in [-0.4, -0.2) is 32.8 Å². The fourth-order valence-corrected chi connectivity index (χ4v) is 1.22. The molecule has 0 aliphatic heterocycles. The van der Waals surface area contributed by atoms with Gasteiger partial charge in [-0.15, -0.1) is 0 Å². The van der Waals surface area contributed by atoms with Gasteiger partial charge in [-0.2, -0.15) is 0 Å². The van der Waals surface area contributed by atoms with E-state index in [-0.39, 0.29) is 6.04 Å². The van der Waals surface area contributed by atoms with Crippen molar-refractivity contribution in [1.82, 2.24) is 5.32 Å². The van der Waals surface area contributed by atoms with E-state index in [4.69, 9.17) is 10.5 Å². The molecule has 0 fully saturated rings. The van der Waals surface area contributed by atoms with Crippen LogP contribution in [0.1, 0.15) is 33.6 Å². The van der Waals surface area contributed by atoms with E-state index in [2.05, 4.69) is 26.1 Å². The van der Waals surface area contributed by atoms with Crippen LogP contribution in [0.15, 0.2) is 0 Å². The summed E-state index contributed by atoms with van der Waals surface area (Å²) in [6, 6.07) is 0.257. The molecule has 0 aromatic rings. The third-order valence-electron chi connectivity index (χ3n) is 1.99. The summed E-state index contributed by atoms with van der Waals surface area (Å²) < 4.78 is 4.97. The number of ether oxygens (including phenoxy) is 1. The molecule has 0 aliphatic carbocycles. The van der Waals surface area contributed by atoms with Crippen molar-refractivity contribution in [2.75, 3.05) is 26.8 Å². The van der Waals surface area contributed by atoms with Gasteiger partial charge in [0.25, 0.3) is 0 Å². The molecule has 0 spiro atoms. The molecule has 0 aromatic carbocycles. The molecule has 3 nitrogen and oxygen atoms in total. The summed E-state index contributed by atoms with van der Waals surface area (Å²) in [6.07, 6.45) is 2.08. The third kappa shape index (κ3) is 9.96. The van der Waals surface area contributed by atoms with E-state index in [1.54, 1.807) is 7.11 Å². The van der Waals surface area contributed by atoms with Crippen molar-refractivity contribution in [3.8, 4) is 0 Å². The zero-order valence-corrected chi connectivity index (χ0v) is 10.1. The Morgan fingerprint density at radius 2 is 2.00 bits per heavy atom. The largest absolute Gasteiger partial charge is 0.385 e. The Balaban J connectivity index is 3.31. The molecule has 0 saturated heterocycles. The predicted octanol–water partition coefficient (Wildman–Crippen LogP) is 1.38. The summed E-state index contributed by atoms with van der Waals surface area (Å²) in [5, 5.41) is 3.39. The quantitative estimate of drug-likeness (QED) is 0.613. The summed E-state index contributed by atoms with van der Waals surface area (Å²) in [7, 11) is 1.73. The molecule has 0 saturated carbocycles. The van der Waals surface area contributed by atoms with Crippen molar-refractivity contribution in [2.24, 2.45) is 11.1 Å². The Bertz CT molecular complexity index is 132. The highest BCUT2D eigenvalue weighted by Crippen LogP contribution is 2.10. The van der Waals surface area contributed by atoms with Crippen molar-refractivity contribution in [2.45, 2.75) is 39.7 Å². The second-order valence-electron chi connectivity index (χ2n) is 5.09. The van der Waals surface area contributed by atoms with Crippen LogP contribution in [0.5, 0.6) is 0 Å². The van der Waals surface area contributed by atoms with E-state index in [0.717, 1.165) is 32.5 Å². The van der Waals surface area contributed by atoms with Gasteiger partial charge in [-0.3, -0.25) is 0 Å². The summed E-state index contributed by atoms with van der Waals surface area (Å²) in [5.74, 6) is 0. The molecule has 1 atom stereocenters. The topological polar surface area (TPSA) is 47.3 Å². The minimum absolute atomic E-state index is 0.257. The lowest BCUT2D eigenvalue weighted by atomic mass is 9.97. The monoisotopic (exact) mass is 202 g/mol. The zero-order valence-electron chi connectivity index (χ0n) is 10.1. The molecule has 0 amide bonds. The minimum Gasteiger partial charge on any atom is -0.385 e. The molecular formula is C11H26N2O. The first-order chi connectivity index (χ1) is 6.45. The summed E-state index contributed by atoms with van der Waals surface area (Å²) in [5.41, 5.74) is 6.27. The van der Waals surface area contributed by atoms with Gasteiger partial charge >= 0.3 is 0 Å². The molecule has 0 bridgehead atoms. The first kappa shape index (κ1) is 13.9. The second kappa shape index (κ2) is 7.21. The van der Waals surface area contributed by atoms with Crippen molar-refractivity contribution < 1.29 is 4.74 Å². The molecule has 3 N–H and O–H groups in total. The SMILES string of the molecule is COCCCC(N)CNCC(C)(C)C. The highest BCUT2D eigenvalue weighted by molar-refractivity contribution is 4.69. The first-order valence-electron chi connectivity index (χ1n) is 5.41. The number of nitrogens with one attached hydrogen (secondary N) is 1. The molecule has 14 heavy (non-hydrogen) atoms. The number of methoxy groups -OCH3 is 1. The van der Waals surface area contributed by atoms with Crippen LogP contribution < -0.4 is 11.1 Å². The first-order valence-corrected chi connectivity index (χ1v) is 5.41. The maximum Gasteiger partial charge on any atom is 0.0462 e. The number of hydrogen-bond donors (Lipinski definition) is 2. The van der Waals surface area contributed by atoms with Crippen LogP contribution in [0.25, 0.3) is 0 Å². The number of hydrogen-bond acceptors (Lipinski definition) is 3. The van der Waals surface area contributed by atoms with Crippen LogP contribution in [0.2, 0.25) is 0 Å². The lowest BCUT2D eigenvalue weighted by Crippen LogP contribution is -2.37. The van der Waals surface area contributed by atoms with E-state index in [0.29, 0.717) is 5.41 Å². The number of nitrogens with two attached hydrogens (primary N) is 1. The lowest BCUT2D eigenvalue weighted by Gasteiger charge is -2.20. The van der Waals surface area contributed by atoms with Gasteiger partial charge in [0.1, 0.15) is 0 Å². The molecule has 0 radical (unpaired) electrons. The molecule has 0 rings (SSSR count). The minimum atomic E-state index is 0.257. The molecule has 3 heteroatoms. The van der Waals surface area contributed by atoms with Crippen LogP contribution >= 0.6 is 0 Å². The van der Waals surface area contributed by atoms with Gasteiger partial charge in [0.15, 0.2) is 0 Å². The standard InChI is InChI=1S/C11H26N2O/c1-11(2,3)9-13-8-10(12)6-5-7-14-4/h10,13H,5-9,12H2,1-4H3. The van der Waals surface area contributed by atoms with Gasteiger partial charge in [0, 0.05) is 32.8 Å². The third-order valence-corrected chi connectivity index (χ3v) is 1.99. The highest BCUT2D eigenvalue weighted by atomic mass is 16.5. The highest BCUT2D eigenvalue weighted by Gasteiger charge is 2.10. The Morgan fingerprint density at radius 3 is 2.50 bits per heavy atom. The maximum atomic E-state index is 5.93. The fraction of sp³-hybridized carbons (Fsp3) is 1.00. The summed E-state index contributed by atoms with van der Waals surface area (Å²) >= 11 is 0. The molecule has 86 valence electrons. The van der Waals surface area contributed by atoms with E-state index >= 15 is 0 Å². The molecular weight excluding hydrogens is 176 g/mol. The fourth-order valence-electron chi connectivity index (χ4n) is 1.22. The Morgan fingerprint density at radius 1 is 1.36 bits per heavy atom. The van der Waals surface area contributed by atoms with Crippen molar-refractivity contribution in [3.05, 3.63) is 0 Å². The Kier molecular flexibility index (Phi) is 7.15. The number of rotatable bonds is 7. The van der Waals surface area contributed by atoms with Gasteiger partial charge in [-0.1, -0.05) is 20.8 Å². The van der Waals surface area contributed by atoms with Crippen molar-refractivity contribution in [1.29, 1.82) is 0 Å². The van der Waals surface area contributed by atoms with Crippen LogP contribution in [0.4, 0.5) is 0 Å². The second-order valence-corrected chi connectivity index (χ2v) is 5.09. The Hall–Kier alpha value is -0.120. The summed E-state index contributed by atoms with van der Waals surface area (Å²) in [4.78, 5) is 0. The lowest BCUT2D eigenvalue weighted by molar-refractivity contribution is 0.190. The van der Waals surface area contributed by atoms with Gasteiger partial charge in [0.2, 0.25) is 0 Å². The van der Waals surface area contributed by atoms with Gasteiger partial charge in [0.05, 0.1) is 0 Å². The Labute approximate surface area is 88.4 Å². The zero-order chi connectivity index (χ0) is 11.0. The van der Waals surface area contributed by atoms with Gasteiger partial charge in [-0.25, -0.2) is 0 Å². The van der Waals surface area contributed by atoms with Crippen molar-refractivity contribution in [3.63, 3.8) is 0 Å². The summed E-state index contributed by atoms with van der Waals surface area (Å²) in [6.45, 7) is 9.39.